The maximum Gasteiger partial charge on any atom is 0.406 e. The van der Waals surface area contributed by atoms with Gasteiger partial charge in [-0.15, -0.1) is 0 Å². The summed E-state index contributed by atoms with van der Waals surface area (Å²) < 4.78 is 38.2. The first kappa shape index (κ1) is 12.2. The summed E-state index contributed by atoms with van der Waals surface area (Å²) in [5.41, 5.74) is 3.70. The van der Waals surface area contributed by atoms with E-state index in [9.17, 15) is 13.2 Å². The summed E-state index contributed by atoms with van der Waals surface area (Å²) in [4.78, 5) is 0. The van der Waals surface area contributed by atoms with Crippen LogP contribution in [0.25, 0.3) is 0 Å². The summed E-state index contributed by atoms with van der Waals surface area (Å²) in [7, 11) is 0. The first-order chi connectivity index (χ1) is 7.37. The molecule has 0 bridgehead atoms. The molecule has 1 aliphatic carbocycles. The SMILES string of the molecule is NC1(C(F)(F)F)CCC2(CCNCC2)CC1. The van der Waals surface area contributed by atoms with Gasteiger partial charge in [0.2, 0.25) is 0 Å². The molecule has 0 atom stereocenters. The first-order valence-electron chi connectivity index (χ1n) is 5.93. The van der Waals surface area contributed by atoms with Crippen LogP contribution >= 0.6 is 0 Å². The van der Waals surface area contributed by atoms with E-state index < -0.39 is 11.7 Å². The Morgan fingerprint density at radius 1 is 0.875 bits per heavy atom. The molecule has 3 N–H and O–H groups in total. The Morgan fingerprint density at radius 3 is 1.81 bits per heavy atom. The van der Waals surface area contributed by atoms with Crippen molar-refractivity contribution < 1.29 is 13.2 Å². The molecule has 5 heteroatoms. The minimum atomic E-state index is -4.25. The molecule has 1 heterocycles. The lowest BCUT2D eigenvalue weighted by Gasteiger charge is -2.47. The predicted octanol–water partition coefficient (Wildman–Crippen LogP) is 2.19. The van der Waals surface area contributed by atoms with E-state index in [-0.39, 0.29) is 18.3 Å². The Labute approximate surface area is 93.8 Å². The maximum atomic E-state index is 12.7. The van der Waals surface area contributed by atoms with Crippen molar-refractivity contribution in [2.75, 3.05) is 13.1 Å². The zero-order valence-electron chi connectivity index (χ0n) is 9.37. The number of halogens is 3. The number of piperidine rings is 1. The van der Waals surface area contributed by atoms with Crippen LogP contribution in [0.4, 0.5) is 13.2 Å². The average molecular weight is 236 g/mol. The molecular weight excluding hydrogens is 217 g/mol. The number of nitrogens with one attached hydrogen (secondary N) is 1. The van der Waals surface area contributed by atoms with Crippen molar-refractivity contribution in [3.8, 4) is 0 Å². The van der Waals surface area contributed by atoms with Gasteiger partial charge in [-0.1, -0.05) is 0 Å². The summed E-state index contributed by atoms with van der Waals surface area (Å²) in [6, 6.07) is 0. The lowest BCUT2D eigenvalue weighted by molar-refractivity contribution is -0.200. The molecule has 2 aliphatic rings. The molecule has 0 unspecified atom stereocenters. The van der Waals surface area contributed by atoms with Crippen LogP contribution in [0.2, 0.25) is 0 Å². The van der Waals surface area contributed by atoms with E-state index in [1.54, 1.807) is 0 Å². The van der Waals surface area contributed by atoms with Crippen LogP contribution in [-0.4, -0.2) is 24.8 Å². The molecule has 1 saturated heterocycles. The topological polar surface area (TPSA) is 38.0 Å². The number of nitrogens with two attached hydrogens (primary N) is 1. The molecule has 2 rings (SSSR count). The maximum absolute atomic E-state index is 12.7. The average Bonchev–Trinajstić information content (AvgIpc) is 2.23. The van der Waals surface area contributed by atoms with E-state index in [0.29, 0.717) is 12.8 Å². The van der Waals surface area contributed by atoms with Crippen molar-refractivity contribution >= 4 is 0 Å². The number of alkyl halides is 3. The van der Waals surface area contributed by atoms with E-state index in [1.807, 2.05) is 0 Å². The monoisotopic (exact) mass is 236 g/mol. The van der Waals surface area contributed by atoms with Gasteiger partial charge in [0, 0.05) is 0 Å². The second-order valence-corrected chi connectivity index (χ2v) is 5.40. The normalized spacial score (nSPS) is 29.2. The Kier molecular flexibility index (Phi) is 2.95. The van der Waals surface area contributed by atoms with Crippen LogP contribution in [0.15, 0.2) is 0 Å². The molecule has 1 spiro atoms. The van der Waals surface area contributed by atoms with Crippen LogP contribution in [0, 0.1) is 5.41 Å². The van der Waals surface area contributed by atoms with Gasteiger partial charge in [-0.25, -0.2) is 0 Å². The minimum absolute atomic E-state index is 0.0938. The van der Waals surface area contributed by atoms with Crippen LogP contribution in [-0.2, 0) is 0 Å². The molecule has 2 nitrogen and oxygen atoms in total. The van der Waals surface area contributed by atoms with E-state index >= 15 is 0 Å². The summed E-state index contributed by atoms with van der Waals surface area (Å²) in [6.07, 6.45) is -0.800. The first-order valence-corrected chi connectivity index (χ1v) is 5.93. The lowest BCUT2D eigenvalue weighted by Crippen LogP contribution is -2.57. The fraction of sp³-hybridized carbons (Fsp3) is 1.00. The molecule has 1 aliphatic heterocycles. The highest BCUT2D eigenvalue weighted by molar-refractivity contribution is 5.01. The molecule has 94 valence electrons. The smallest absolute Gasteiger partial charge is 0.318 e. The molecule has 16 heavy (non-hydrogen) atoms. The van der Waals surface area contributed by atoms with Gasteiger partial charge >= 0.3 is 6.18 Å². The fourth-order valence-electron chi connectivity index (χ4n) is 2.97. The van der Waals surface area contributed by atoms with Gasteiger partial charge in [-0.05, 0) is 57.0 Å². The molecule has 0 aromatic heterocycles. The lowest BCUT2D eigenvalue weighted by atomic mass is 9.63. The highest BCUT2D eigenvalue weighted by Crippen LogP contribution is 2.49. The Morgan fingerprint density at radius 2 is 1.38 bits per heavy atom. The van der Waals surface area contributed by atoms with Crippen molar-refractivity contribution in [1.29, 1.82) is 0 Å². The highest BCUT2D eigenvalue weighted by atomic mass is 19.4. The summed E-state index contributed by atoms with van der Waals surface area (Å²) >= 11 is 0. The van der Waals surface area contributed by atoms with Crippen LogP contribution < -0.4 is 11.1 Å². The molecule has 0 aromatic rings. The molecule has 0 aromatic carbocycles. The molecule has 1 saturated carbocycles. The highest BCUT2D eigenvalue weighted by Gasteiger charge is 2.55. The summed E-state index contributed by atoms with van der Waals surface area (Å²) in [5, 5.41) is 3.25. The van der Waals surface area contributed by atoms with Crippen molar-refractivity contribution in [3.63, 3.8) is 0 Å². The summed E-state index contributed by atoms with van der Waals surface area (Å²) in [5.74, 6) is 0. The number of hydrogen-bond acceptors (Lipinski definition) is 2. The number of hydrogen-bond donors (Lipinski definition) is 2. The third kappa shape index (κ3) is 2.07. The van der Waals surface area contributed by atoms with Crippen molar-refractivity contribution in [2.45, 2.75) is 50.2 Å². The van der Waals surface area contributed by atoms with Crippen molar-refractivity contribution in [3.05, 3.63) is 0 Å². The van der Waals surface area contributed by atoms with Gasteiger partial charge < -0.3 is 11.1 Å². The van der Waals surface area contributed by atoms with E-state index in [0.717, 1.165) is 25.9 Å². The van der Waals surface area contributed by atoms with Gasteiger partial charge in [0.1, 0.15) is 5.54 Å². The standard InChI is InChI=1S/C11H19F3N2/c12-11(13,14)10(15)3-1-9(2-4-10)5-7-16-8-6-9/h16H,1-8,15H2. The Bertz CT molecular complexity index is 246. The minimum Gasteiger partial charge on any atom is -0.318 e. The second kappa shape index (κ2) is 3.88. The molecule has 0 amide bonds. The third-order valence-corrected chi connectivity index (χ3v) is 4.43. The van der Waals surface area contributed by atoms with Crippen molar-refractivity contribution in [2.24, 2.45) is 11.1 Å². The fourth-order valence-corrected chi connectivity index (χ4v) is 2.97. The quantitative estimate of drug-likeness (QED) is 0.676. The molecule has 0 radical (unpaired) electrons. The van der Waals surface area contributed by atoms with Gasteiger partial charge in [0.05, 0.1) is 0 Å². The van der Waals surface area contributed by atoms with E-state index in [2.05, 4.69) is 5.32 Å². The third-order valence-electron chi connectivity index (χ3n) is 4.43. The zero-order chi connectivity index (χ0) is 11.9. The second-order valence-electron chi connectivity index (χ2n) is 5.40. The Hall–Kier alpha value is -0.290. The molecule has 2 fully saturated rings. The van der Waals surface area contributed by atoms with E-state index in [1.165, 1.54) is 0 Å². The van der Waals surface area contributed by atoms with Crippen LogP contribution in [0.1, 0.15) is 38.5 Å². The van der Waals surface area contributed by atoms with Gasteiger partial charge in [-0.2, -0.15) is 13.2 Å². The van der Waals surface area contributed by atoms with Crippen LogP contribution in [0.5, 0.6) is 0 Å². The van der Waals surface area contributed by atoms with Crippen molar-refractivity contribution in [1.82, 2.24) is 5.32 Å². The van der Waals surface area contributed by atoms with Gasteiger partial charge in [0.15, 0.2) is 0 Å². The van der Waals surface area contributed by atoms with Gasteiger partial charge in [-0.3, -0.25) is 0 Å². The predicted molar refractivity (Wildman–Crippen MR) is 56.0 cm³/mol. The van der Waals surface area contributed by atoms with E-state index in [4.69, 9.17) is 5.73 Å². The van der Waals surface area contributed by atoms with Crippen LogP contribution in [0.3, 0.4) is 0 Å². The molecular formula is C11H19F3N2. The summed E-state index contributed by atoms with van der Waals surface area (Å²) in [6.45, 7) is 1.87. The van der Waals surface area contributed by atoms with Gasteiger partial charge in [0.25, 0.3) is 0 Å². The number of rotatable bonds is 0. The largest absolute Gasteiger partial charge is 0.406 e. The zero-order valence-corrected chi connectivity index (χ0v) is 9.37. The Balaban J connectivity index is 2.00.